The van der Waals surface area contributed by atoms with Crippen LogP contribution in [0, 0.1) is 20.8 Å². The SMILES string of the molecule is CCC(C)(C(=O)Nc1ccc(N(C)C)cc1)N(Cc1ccc(C)cc1)C(=O)CSc1nc(C)cc(C)n1. The van der Waals surface area contributed by atoms with Gasteiger partial charge in [0.1, 0.15) is 5.54 Å². The second-order valence-corrected chi connectivity index (χ2v) is 10.7. The molecule has 1 aromatic heterocycles. The number of thioether (sulfide) groups is 1. The molecule has 0 radical (unpaired) electrons. The molecule has 0 aliphatic rings. The van der Waals surface area contributed by atoms with Gasteiger partial charge in [0.05, 0.1) is 5.75 Å². The smallest absolute Gasteiger partial charge is 0.250 e. The summed E-state index contributed by atoms with van der Waals surface area (Å²) in [6, 6.07) is 17.6. The molecule has 3 aromatic rings. The molecule has 1 unspecified atom stereocenters. The molecule has 37 heavy (non-hydrogen) atoms. The minimum Gasteiger partial charge on any atom is -0.378 e. The molecule has 3 rings (SSSR count). The fourth-order valence-corrected chi connectivity index (χ4v) is 4.78. The normalized spacial score (nSPS) is 12.5. The van der Waals surface area contributed by atoms with Gasteiger partial charge in [-0.25, -0.2) is 9.97 Å². The molecule has 0 bridgehead atoms. The van der Waals surface area contributed by atoms with Crippen molar-refractivity contribution < 1.29 is 9.59 Å². The summed E-state index contributed by atoms with van der Waals surface area (Å²) in [5.41, 5.74) is 4.49. The molecule has 0 spiro atoms. The van der Waals surface area contributed by atoms with Gasteiger partial charge in [0, 0.05) is 43.4 Å². The van der Waals surface area contributed by atoms with Crippen LogP contribution in [0.5, 0.6) is 0 Å². The molecule has 2 amide bonds. The van der Waals surface area contributed by atoms with E-state index in [1.54, 1.807) is 4.90 Å². The molecule has 8 heteroatoms. The van der Waals surface area contributed by atoms with E-state index in [-0.39, 0.29) is 17.6 Å². The third kappa shape index (κ3) is 7.32. The highest BCUT2D eigenvalue weighted by Gasteiger charge is 2.40. The Bertz CT molecular complexity index is 1210. The molecule has 0 aliphatic heterocycles. The molecular formula is C29H37N5O2S. The van der Waals surface area contributed by atoms with E-state index in [1.807, 2.05) is 108 Å². The zero-order chi connectivity index (χ0) is 27.2. The highest BCUT2D eigenvalue weighted by atomic mass is 32.2. The van der Waals surface area contributed by atoms with Crippen molar-refractivity contribution in [2.45, 2.75) is 58.3 Å². The van der Waals surface area contributed by atoms with Crippen molar-refractivity contribution in [2.75, 3.05) is 30.1 Å². The summed E-state index contributed by atoms with van der Waals surface area (Å²) in [5.74, 6) is -0.230. The second kappa shape index (κ2) is 12.2. The first kappa shape index (κ1) is 28.2. The zero-order valence-electron chi connectivity index (χ0n) is 22.8. The number of anilines is 2. The Hall–Kier alpha value is -3.39. The molecule has 1 atom stereocenters. The Labute approximate surface area is 224 Å². The highest BCUT2D eigenvalue weighted by molar-refractivity contribution is 7.99. The monoisotopic (exact) mass is 519 g/mol. The van der Waals surface area contributed by atoms with Gasteiger partial charge in [-0.2, -0.15) is 0 Å². The van der Waals surface area contributed by atoms with Gasteiger partial charge in [-0.05, 0) is 70.0 Å². The van der Waals surface area contributed by atoms with E-state index in [0.29, 0.717) is 23.8 Å². The number of rotatable bonds is 10. The Balaban J connectivity index is 1.87. The summed E-state index contributed by atoms with van der Waals surface area (Å²) in [7, 11) is 3.94. The molecule has 0 aliphatic carbocycles. The van der Waals surface area contributed by atoms with Crippen LogP contribution in [0.3, 0.4) is 0 Å². The number of carbonyl (C=O) groups is 2. The lowest BCUT2D eigenvalue weighted by molar-refractivity contribution is -0.143. The summed E-state index contributed by atoms with van der Waals surface area (Å²) in [6.07, 6.45) is 0.455. The number of aryl methyl sites for hydroxylation is 3. The van der Waals surface area contributed by atoms with Gasteiger partial charge >= 0.3 is 0 Å². The number of amides is 2. The first-order valence-electron chi connectivity index (χ1n) is 12.4. The van der Waals surface area contributed by atoms with Crippen LogP contribution < -0.4 is 10.2 Å². The standard InChI is InChI=1S/C29H37N5O2S/c1-8-29(5,27(36)32-24-13-15-25(16-14-24)33(6)7)34(18-23-11-9-20(2)10-12-23)26(35)19-37-28-30-21(3)17-22(4)31-28/h9-17H,8,18-19H2,1-7H3,(H,32,36). The molecule has 2 aromatic carbocycles. The van der Waals surface area contributed by atoms with Crippen molar-refractivity contribution in [1.82, 2.24) is 14.9 Å². The molecular weight excluding hydrogens is 482 g/mol. The van der Waals surface area contributed by atoms with Crippen LogP contribution in [-0.4, -0.2) is 52.1 Å². The summed E-state index contributed by atoms with van der Waals surface area (Å²) in [6.45, 7) is 9.94. The third-order valence-corrected chi connectivity index (χ3v) is 7.30. The predicted molar refractivity (Wildman–Crippen MR) is 152 cm³/mol. The van der Waals surface area contributed by atoms with Gasteiger partial charge in [0.2, 0.25) is 11.8 Å². The molecule has 1 N–H and O–H groups in total. The van der Waals surface area contributed by atoms with Gasteiger partial charge in [-0.15, -0.1) is 0 Å². The number of nitrogens with one attached hydrogen (secondary N) is 1. The van der Waals surface area contributed by atoms with Crippen LogP contribution in [0.2, 0.25) is 0 Å². The van der Waals surface area contributed by atoms with Crippen molar-refractivity contribution >= 4 is 35.0 Å². The molecule has 0 saturated carbocycles. The molecule has 1 heterocycles. The average molecular weight is 520 g/mol. The van der Waals surface area contributed by atoms with Crippen molar-refractivity contribution in [3.8, 4) is 0 Å². The van der Waals surface area contributed by atoms with Crippen LogP contribution >= 0.6 is 11.8 Å². The van der Waals surface area contributed by atoms with E-state index in [4.69, 9.17) is 0 Å². The average Bonchev–Trinajstić information content (AvgIpc) is 2.86. The number of nitrogens with zero attached hydrogens (tertiary/aromatic N) is 4. The molecule has 7 nitrogen and oxygen atoms in total. The maximum atomic E-state index is 13.7. The number of hydrogen-bond donors (Lipinski definition) is 1. The topological polar surface area (TPSA) is 78.4 Å². The number of hydrogen-bond acceptors (Lipinski definition) is 6. The van der Waals surface area contributed by atoms with E-state index in [0.717, 1.165) is 28.2 Å². The van der Waals surface area contributed by atoms with Crippen LogP contribution in [0.4, 0.5) is 11.4 Å². The Morgan fingerprint density at radius 2 is 1.54 bits per heavy atom. The third-order valence-electron chi connectivity index (χ3n) is 6.46. The van der Waals surface area contributed by atoms with Crippen LogP contribution in [0.1, 0.15) is 42.8 Å². The summed E-state index contributed by atoms with van der Waals surface area (Å²) in [5, 5.41) is 3.60. The van der Waals surface area contributed by atoms with Crippen molar-refractivity contribution in [3.05, 3.63) is 77.1 Å². The largest absolute Gasteiger partial charge is 0.378 e. The Morgan fingerprint density at radius 1 is 0.946 bits per heavy atom. The van der Waals surface area contributed by atoms with Crippen LogP contribution in [0.15, 0.2) is 59.8 Å². The van der Waals surface area contributed by atoms with E-state index in [9.17, 15) is 9.59 Å². The highest BCUT2D eigenvalue weighted by Crippen LogP contribution is 2.27. The van der Waals surface area contributed by atoms with E-state index < -0.39 is 5.54 Å². The molecule has 0 fully saturated rings. The number of benzene rings is 2. The van der Waals surface area contributed by atoms with Gasteiger partial charge < -0.3 is 15.1 Å². The Kier molecular flexibility index (Phi) is 9.32. The maximum Gasteiger partial charge on any atom is 0.250 e. The van der Waals surface area contributed by atoms with Gasteiger partial charge in [-0.3, -0.25) is 9.59 Å². The van der Waals surface area contributed by atoms with Crippen molar-refractivity contribution in [3.63, 3.8) is 0 Å². The van der Waals surface area contributed by atoms with E-state index >= 15 is 0 Å². The quantitative estimate of drug-likeness (QED) is 0.286. The van der Waals surface area contributed by atoms with Gasteiger partial charge in [0.15, 0.2) is 5.16 Å². The molecule has 0 saturated heterocycles. The maximum absolute atomic E-state index is 13.7. The van der Waals surface area contributed by atoms with Crippen molar-refractivity contribution in [2.24, 2.45) is 0 Å². The second-order valence-electron chi connectivity index (χ2n) is 9.71. The first-order valence-corrected chi connectivity index (χ1v) is 13.4. The predicted octanol–water partition coefficient (Wildman–Crippen LogP) is 5.40. The lowest BCUT2D eigenvalue weighted by Gasteiger charge is -2.39. The zero-order valence-corrected chi connectivity index (χ0v) is 23.6. The van der Waals surface area contributed by atoms with Gasteiger partial charge in [-0.1, -0.05) is 48.5 Å². The van der Waals surface area contributed by atoms with Crippen LogP contribution in [-0.2, 0) is 16.1 Å². The minimum absolute atomic E-state index is 0.134. The Morgan fingerprint density at radius 3 is 2.08 bits per heavy atom. The van der Waals surface area contributed by atoms with E-state index in [2.05, 4.69) is 15.3 Å². The van der Waals surface area contributed by atoms with Gasteiger partial charge in [0.25, 0.3) is 0 Å². The summed E-state index contributed by atoms with van der Waals surface area (Å²) in [4.78, 5) is 40.0. The lowest BCUT2D eigenvalue weighted by Crippen LogP contribution is -2.57. The first-order chi connectivity index (χ1) is 17.5. The number of carbonyl (C=O) groups excluding carboxylic acids is 2. The van der Waals surface area contributed by atoms with Crippen molar-refractivity contribution in [1.29, 1.82) is 0 Å². The summed E-state index contributed by atoms with van der Waals surface area (Å²) >= 11 is 1.29. The summed E-state index contributed by atoms with van der Waals surface area (Å²) < 4.78 is 0. The lowest BCUT2D eigenvalue weighted by atomic mass is 9.93. The fraction of sp³-hybridized carbons (Fsp3) is 0.379. The minimum atomic E-state index is -1.06. The van der Waals surface area contributed by atoms with Crippen LogP contribution in [0.25, 0.3) is 0 Å². The number of aromatic nitrogens is 2. The van der Waals surface area contributed by atoms with E-state index in [1.165, 1.54) is 11.8 Å². The molecule has 196 valence electrons. The fourth-order valence-electron chi connectivity index (χ4n) is 3.96.